The smallest absolute Gasteiger partial charge is 0.00256 e. The molecule has 0 saturated carbocycles. The highest BCUT2D eigenvalue weighted by Crippen LogP contribution is 2.23. The average Bonchev–Trinajstić information content (AvgIpc) is 2.43. The van der Waals surface area contributed by atoms with Crippen molar-refractivity contribution in [2.45, 2.75) is 46.0 Å². The molecule has 0 aromatic heterocycles. The van der Waals surface area contributed by atoms with Crippen LogP contribution in [0.1, 0.15) is 46.2 Å². The van der Waals surface area contributed by atoms with Crippen LogP contribution < -0.4 is 0 Å². The van der Waals surface area contributed by atoms with Gasteiger partial charge in [-0.3, -0.25) is 0 Å². The van der Waals surface area contributed by atoms with Gasteiger partial charge in [0, 0.05) is 0 Å². The first-order valence-corrected chi connectivity index (χ1v) is 7.39. The lowest BCUT2D eigenvalue weighted by Crippen LogP contribution is -2.03. The minimum Gasteiger partial charge on any atom is -0.0588 e. The summed E-state index contributed by atoms with van der Waals surface area (Å²) >= 11 is 0. The number of hydrogen-bond donors (Lipinski definition) is 0. The van der Waals surface area contributed by atoms with Crippen molar-refractivity contribution in [2.24, 2.45) is 0 Å². The summed E-state index contributed by atoms with van der Waals surface area (Å²) in [6, 6.07) is 13.9. The molecular weight excluding hydrogens is 228 g/mol. The summed E-state index contributed by atoms with van der Waals surface area (Å²) in [6.45, 7) is 4.38. The Morgan fingerprint density at radius 2 is 1.42 bits per heavy atom. The van der Waals surface area contributed by atoms with Gasteiger partial charge in [-0.25, -0.2) is 0 Å². The Morgan fingerprint density at radius 1 is 0.737 bits per heavy atom. The van der Waals surface area contributed by atoms with E-state index in [1.807, 2.05) is 0 Å². The molecular formula is C19H22. The molecule has 0 nitrogen and oxygen atoms in total. The maximum absolute atomic E-state index is 2.43. The second kappa shape index (κ2) is 5.21. The van der Waals surface area contributed by atoms with Gasteiger partial charge < -0.3 is 0 Å². The molecule has 0 unspecified atom stereocenters. The quantitative estimate of drug-likeness (QED) is 0.720. The van der Waals surface area contributed by atoms with Crippen LogP contribution in [0.25, 0.3) is 0 Å². The van der Waals surface area contributed by atoms with Crippen LogP contribution >= 0.6 is 0 Å². The van der Waals surface area contributed by atoms with Crippen LogP contribution in [-0.4, -0.2) is 0 Å². The van der Waals surface area contributed by atoms with Gasteiger partial charge in [0.2, 0.25) is 0 Å². The Balaban J connectivity index is 1.84. The predicted octanol–water partition coefficient (Wildman–Crippen LogP) is 4.77. The maximum Gasteiger partial charge on any atom is -0.00256 e. The first-order chi connectivity index (χ1) is 9.22. The van der Waals surface area contributed by atoms with Gasteiger partial charge in [-0.2, -0.15) is 0 Å². The van der Waals surface area contributed by atoms with Gasteiger partial charge >= 0.3 is 0 Å². The SMILES string of the molecule is Cc1ccc(Cc2ccc3c(c2)CCCC3)cc1C. The third-order valence-electron chi connectivity index (χ3n) is 4.39. The molecule has 0 fully saturated rings. The van der Waals surface area contributed by atoms with Crippen LogP contribution in [0.2, 0.25) is 0 Å². The van der Waals surface area contributed by atoms with E-state index < -0.39 is 0 Å². The fraction of sp³-hybridized carbons (Fsp3) is 0.368. The monoisotopic (exact) mass is 250 g/mol. The first-order valence-electron chi connectivity index (χ1n) is 7.39. The highest BCUT2D eigenvalue weighted by Gasteiger charge is 2.09. The van der Waals surface area contributed by atoms with E-state index >= 15 is 0 Å². The van der Waals surface area contributed by atoms with E-state index in [1.165, 1.54) is 47.9 Å². The fourth-order valence-electron chi connectivity index (χ4n) is 3.05. The van der Waals surface area contributed by atoms with Crippen molar-refractivity contribution in [3.05, 3.63) is 69.8 Å². The summed E-state index contributed by atoms with van der Waals surface area (Å²) in [5.74, 6) is 0. The molecule has 0 saturated heterocycles. The normalized spacial score (nSPS) is 14.2. The molecule has 0 atom stereocenters. The summed E-state index contributed by atoms with van der Waals surface area (Å²) in [4.78, 5) is 0. The Labute approximate surface area is 116 Å². The first kappa shape index (κ1) is 12.5. The van der Waals surface area contributed by atoms with Gasteiger partial charge in [-0.15, -0.1) is 0 Å². The van der Waals surface area contributed by atoms with Gasteiger partial charge in [0.25, 0.3) is 0 Å². The molecule has 0 spiro atoms. The molecule has 1 aliphatic carbocycles. The summed E-state index contributed by atoms with van der Waals surface area (Å²) in [7, 11) is 0. The molecule has 19 heavy (non-hydrogen) atoms. The van der Waals surface area contributed by atoms with Crippen LogP contribution in [0.3, 0.4) is 0 Å². The zero-order valence-corrected chi connectivity index (χ0v) is 12.0. The van der Waals surface area contributed by atoms with E-state index in [4.69, 9.17) is 0 Å². The highest BCUT2D eigenvalue weighted by molar-refractivity contribution is 5.38. The number of benzene rings is 2. The largest absolute Gasteiger partial charge is 0.0588 e. The summed E-state index contributed by atoms with van der Waals surface area (Å²) in [5.41, 5.74) is 8.84. The Bertz CT molecular complexity index is 593. The molecule has 0 heteroatoms. The Morgan fingerprint density at radius 3 is 2.21 bits per heavy atom. The third kappa shape index (κ3) is 2.73. The third-order valence-corrected chi connectivity index (χ3v) is 4.39. The lowest BCUT2D eigenvalue weighted by Gasteiger charge is -2.16. The summed E-state index contributed by atoms with van der Waals surface area (Å²) < 4.78 is 0. The van der Waals surface area contributed by atoms with Crippen LogP contribution in [-0.2, 0) is 19.3 Å². The molecule has 0 aliphatic heterocycles. The number of aryl methyl sites for hydroxylation is 4. The Hall–Kier alpha value is -1.56. The van der Waals surface area contributed by atoms with E-state index in [2.05, 4.69) is 50.2 Å². The molecule has 0 bridgehead atoms. The topological polar surface area (TPSA) is 0 Å². The summed E-state index contributed by atoms with van der Waals surface area (Å²) in [6.07, 6.45) is 6.34. The van der Waals surface area contributed by atoms with E-state index in [1.54, 1.807) is 11.1 Å². The minimum absolute atomic E-state index is 1.06. The van der Waals surface area contributed by atoms with Gasteiger partial charge in [-0.1, -0.05) is 36.4 Å². The van der Waals surface area contributed by atoms with E-state index in [0.29, 0.717) is 0 Å². The van der Waals surface area contributed by atoms with Crippen molar-refractivity contribution in [2.75, 3.05) is 0 Å². The van der Waals surface area contributed by atoms with Crippen molar-refractivity contribution in [1.82, 2.24) is 0 Å². The molecule has 0 radical (unpaired) electrons. The molecule has 0 N–H and O–H groups in total. The summed E-state index contributed by atoms with van der Waals surface area (Å²) in [5, 5.41) is 0. The number of hydrogen-bond acceptors (Lipinski definition) is 0. The van der Waals surface area contributed by atoms with Crippen molar-refractivity contribution in [3.8, 4) is 0 Å². The molecule has 0 heterocycles. The van der Waals surface area contributed by atoms with Gasteiger partial charge in [-0.05, 0) is 79.3 Å². The standard InChI is InChI=1S/C19H22/c1-14-7-8-16(11-15(14)2)12-17-9-10-18-5-3-4-6-19(18)13-17/h7-11,13H,3-6,12H2,1-2H3. The number of rotatable bonds is 2. The fourth-order valence-corrected chi connectivity index (χ4v) is 3.05. The molecule has 98 valence electrons. The average molecular weight is 250 g/mol. The van der Waals surface area contributed by atoms with Crippen molar-refractivity contribution in [3.63, 3.8) is 0 Å². The van der Waals surface area contributed by atoms with Crippen LogP contribution in [0.4, 0.5) is 0 Å². The van der Waals surface area contributed by atoms with Crippen molar-refractivity contribution >= 4 is 0 Å². The lowest BCUT2D eigenvalue weighted by atomic mass is 9.89. The highest BCUT2D eigenvalue weighted by atomic mass is 14.1. The van der Waals surface area contributed by atoms with Crippen LogP contribution in [0, 0.1) is 13.8 Å². The molecule has 2 aromatic carbocycles. The molecule has 3 rings (SSSR count). The molecule has 1 aliphatic rings. The van der Waals surface area contributed by atoms with Crippen LogP contribution in [0.15, 0.2) is 36.4 Å². The van der Waals surface area contributed by atoms with E-state index in [9.17, 15) is 0 Å². The number of fused-ring (bicyclic) bond motifs is 1. The van der Waals surface area contributed by atoms with Gasteiger partial charge in [0.1, 0.15) is 0 Å². The zero-order valence-electron chi connectivity index (χ0n) is 12.0. The van der Waals surface area contributed by atoms with Crippen LogP contribution in [0.5, 0.6) is 0 Å². The van der Waals surface area contributed by atoms with Gasteiger partial charge in [0.15, 0.2) is 0 Å². The van der Waals surface area contributed by atoms with E-state index in [-0.39, 0.29) is 0 Å². The molecule has 2 aromatic rings. The minimum atomic E-state index is 1.06. The van der Waals surface area contributed by atoms with Gasteiger partial charge in [0.05, 0.1) is 0 Å². The van der Waals surface area contributed by atoms with Crippen molar-refractivity contribution < 1.29 is 0 Å². The predicted molar refractivity (Wildman–Crippen MR) is 81.8 cm³/mol. The second-order valence-electron chi connectivity index (χ2n) is 5.91. The van der Waals surface area contributed by atoms with E-state index in [0.717, 1.165) is 6.42 Å². The van der Waals surface area contributed by atoms with Crippen molar-refractivity contribution in [1.29, 1.82) is 0 Å². The lowest BCUT2D eigenvalue weighted by molar-refractivity contribution is 0.684. The second-order valence-corrected chi connectivity index (χ2v) is 5.91. The zero-order chi connectivity index (χ0) is 13.2. The Kier molecular flexibility index (Phi) is 3.42. The molecule has 0 amide bonds. The maximum atomic E-state index is 2.43.